The molecule has 0 aliphatic heterocycles. The molecule has 72 valence electrons. The molecule has 0 bridgehead atoms. The number of carbonyl (C=O) groups excluding carboxylic acids is 1. The summed E-state index contributed by atoms with van der Waals surface area (Å²) in [6.45, 7) is 0. The molecule has 0 unspecified atom stereocenters. The summed E-state index contributed by atoms with van der Waals surface area (Å²) in [4.78, 5) is 17.8. The number of hydrogen-bond donors (Lipinski definition) is 2. The molecule has 0 saturated heterocycles. The minimum atomic E-state index is -0.497. The molecule has 14 heavy (non-hydrogen) atoms. The minimum absolute atomic E-state index is 0.353. The number of carbonyl (C=O) groups is 1. The molecule has 2 rings (SSSR count). The van der Waals surface area contributed by atoms with E-state index < -0.39 is 5.91 Å². The van der Waals surface area contributed by atoms with Crippen molar-refractivity contribution in [1.82, 2.24) is 9.97 Å². The maximum absolute atomic E-state index is 10.9. The Morgan fingerprint density at radius 3 is 3.07 bits per heavy atom. The second-order valence-electron chi connectivity index (χ2n) is 2.83. The summed E-state index contributed by atoms with van der Waals surface area (Å²) >= 11 is 0. The summed E-state index contributed by atoms with van der Waals surface area (Å²) in [5.41, 5.74) is 6.27. The highest BCUT2D eigenvalue weighted by Crippen LogP contribution is 2.22. The van der Waals surface area contributed by atoms with Crippen LogP contribution >= 0.6 is 0 Å². The predicted molar refractivity (Wildman–Crippen MR) is 51.2 cm³/mol. The molecule has 2 aromatic heterocycles. The van der Waals surface area contributed by atoms with Crippen molar-refractivity contribution in [2.24, 2.45) is 5.73 Å². The molecular weight excluding hydrogens is 182 g/mol. The summed E-state index contributed by atoms with van der Waals surface area (Å²) in [6, 6.07) is 3.38. The summed E-state index contributed by atoms with van der Waals surface area (Å²) < 4.78 is 5.04. The number of pyridine rings is 1. The number of ether oxygens (including phenoxy) is 1. The van der Waals surface area contributed by atoms with E-state index in [0.29, 0.717) is 11.6 Å². The van der Waals surface area contributed by atoms with Gasteiger partial charge in [-0.15, -0.1) is 0 Å². The molecule has 0 radical (unpaired) electrons. The van der Waals surface area contributed by atoms with Gasteiger partial charge in [-0.1, -0.05) is 0 Å². The van der Waals surface area contributed by atoms with Gasteiger partial charge >= 0.3 is 0 Å². The molecule has 5 nitrogen and oxygen atoms in total. The summed E-state index contributed by atoms with van der Waals surface area (Å²) in [5, 5.41) is 0.754. The normalized spacial score (nSPS) is 10.4. The first-order valence-electron chi connectivity index (χ1n) is 4.04. The van der Waals surface area contributed by atoms with Crippen molar-refractivity contribution in [2.75, 3.05) is 7.11 Å². The fourth-order valence-electron chi connectivity index (χ4n) is 1.32. The van der Waals surface area contributed by atoms with Gasteiger partial charge in [-0.2, -0.15) is 0 Å². The fraction of sp³-hybridized carbons (Fsp3) is 0.111. The summed E-state index contributed by atoms with van der Waals surface area (Å²) in [6.07, 6.45) is 1.60. The molecule has 5 heteroatoms. The molecule has 0 atom stereocenters. The number of rotatable bonds is 2. The lowest BCUT2D eigenvalue weighted by atomic mass is 10.3. The van der Waals surface area contributed by atoms with Crippen LogP contribution < -0.4 is 10.5 Å². The lowest BCUT2D eigenvalue weighted by Crippen LogP contribution is -2.10. The maximum Gasteiger partial charge on any atom is 0.265 e. The molecular formula is C9H9N3O2. The first kappa shape index (κ1) is 8.55. The van der Waals surface area contributed by atoms with E-state index in [4.69, 9.17) is 10.5 Å². The van der Waals surface area contributed by atoms with E-state index in [1.165, 1.54) is 7.11 Å². The van der Waals surface area contributed by atoms with Crippen LogP contribution in [0.5, 0.6) is 5.88 Å². The lowest BCUT2D eigenvalue weighted by molar-refractivity contribution is 0.0996. The van der Waals surface area contributed by atoms with Crippen LogP contribution in [0.25, 0.3) is 10.9 Å². The highest BCUT2D eigenvalue weighted by molar-refractivity contribution is 5.98. The molecule has 3 N–H and O–H groups in total. The van der Waals surface area contributed by atoms with Gasteiger partial charge in [0.25, 0.3) is 5.91 Å². The number of primary amides is 1. The van der Waals surface area contributed by atoms with Crippen LogP contribution in [-0.2, 0) is 0 Å². The molecule has 2 aromatic rings. The Morgan fingerprint density at radius 1 is 1.64 bits per heavy atom. The second-order valence-corrected chi connectivity index (χ2v) is 2.83. The third-order valence-electron chi connectivity index (χ3n) is 1.97. The number of aromatic nitrogens is 2. The van der Waals surface area contributed by atoms with Crippen LogP contribution in [0.15, 0.2) is 18.3 Å². The van der Waals surface area contributed by atoms with E-state index >= 15 is 0 Å². The summed E-state index contributed by atoms with van der Waals surface area (Å²) in [5.74, 6) is -0.0190. The zero-order valence-electron chi connectivity index (χ0n) is 7.57. The van der Waals surface area contributed by atoms with Gasteiger partial charge in [0.15, 0.2) is 0 Å². The number of hydrogen-bond acceptors (Lipinski definition) is 3. The fourth-order valence-corrected chi connectivity index (χ4v) is 1.32. The van der Waals surface area contributed by atoms with Crippen LogP contribution in [0, 0.1) is 0 Å². The topological polar surface area (TPSA) is 81.0 Å². The Balaban J connectivity index is 2.70. The Hall–Kier alpha value is -2.04. The Morgan fingerprint density at radius 2 is 2.43 bits per heavy atom. The highest BCUT2D eigenvalue weighted by atomic mass is 16.5. The van der Waals surface area contributed by atoms with Crippen molar-refractivity contribution >= 4 is 16.8 Å². The van der Waals surface area contributed by atoms with Gasteiger partial charge in [0.2, 0.25) is 5.88 Å². The van der Waals surface area contributed by atoms with Crippen LogP contribution in [0.2, 0.25) is 0 Å². The standard InChI is InChI=1S/C9H9N3O2/c1-14-9-5-4-7(8(10)13)12-6(5)2-3-11-9/h2-4,12H,1H3,(H2,10,13). The number of nitrogens with two attached hydrogens (primary N) is 1. The van der Waals surface area contributed by atoms with Crippen LogP contribution in [0.4, 0.5) is 0 Å². The molecule has 1 amide bonds. The van der Waals surface area contributed by atoms with Crippen LogP contribution in [-0.4, -0.2) is 23.0 Å². The van der Waals surface area contributed by atoms with Gasteiger partial charge in [-0.3, -0.25) is 4.79 Å². The smallest absolute Gasteiger partial charge is 0.265 e. The quantitative estimate of drug-likeness (QED) is 0.732. The number of nitrogens with zero attached hydrogens (tertiary/aromatic N) is 1. The Kier molecular flexibility index (Phi) is 1.85. The van der Waals surface area contributed by atoms with E-state index in [-0.39, 0.29) is 0 Å². The molecule has 2 heterocycles. The van der Waals surface area contributed by atoms with Gasteiger partial charge in [0, 0.05) is 6.20 Å². The third kappa shape index (κ3) is 1.19. The molecule has 0 spiro atoms. The lowest BCUT2D eigenvalue weighted by Gasteiger charge is -1.97. The number of nitrogens with one attached hydrogen (secondary N) is 1. The molecule has 0 fully saturated rings. The van der Waals surface area contributed by atoms with E-state index in [0.717, 1.165) is 10.9 Å². The van der Waals surface area contributed by atoms with Crippen molar-refractivity contribution in [2.45, 2.75) is 0 Å². The van der Waals surface area contributed by atoms with E-state index in [9.17, 15) is 4.79 Å². The monoisotopic (exact) mass is 191 g/mol. The molecule has 0 aliphatic rings. The second kappa shape index (κ2) is 3.02. The van der Waals surface area contributed by atoms with Crippen molar-refractivity contribution in [3.05, 3.63) is 24.0 Å². The molecule has 0 aromatic carbocycles. The average Bonchev–Trinajstić information content (AvgIpc) is 2.60. The van der Waals surface area contributed by atoms with Gasteiger partial charge in [0.05, 0.1) is 18.0 Å². The minimum Gasteiger partial charge on any atom is -0.481 e. The predicted octanol–water partition coefficient (Wildman–Crippen LogP) is 0.670. The Labute approximate surface area is 79.9 Å². The van der Waals surface area contributed by atoms with Crippen molar-refractivity contribution < 1.29 is 9.53 Å². The molecule has 0 saturated carbocycles. The van der Waals surface area contributed by atoms with Crippen molar-refractivity contribution in [3.63, 3.8) is 0 Å². The van der Waals surface area contributed by atoms with Crippen LogP contribution in [0.1, 0.15) is 10.5 Å². The summed E-state index contributed by atoms with van der Waals surface area (Å²) in [7, 11) is 1.53. The van der Waals surface area contributed by atoms with Gasteiger partial charge in [-0.25, -0.2) is 4.98 Å². The van der Waals surface area contributed by atoms with Gasteiger partial charge in [-0.05, 0) is 12.1 Å². The van der Waals surface area contributed by atoms with Crippen molar-refractivity contribution in [1.29, 1.82) is 0 Å². The number of H-pyrrole nitrogens is 1. The van der Waals surface area contributed by atoms with E-state index in [2.05, 4.69) is 9.97 Å². The zero-order chi connectivity index (χ0) is 10.1. The average molecular weight is 191 g/mol. The van der Waals surface area contributed by atoms with Crippen LogP contribution in [0.3, 0.4) is 0 Å². The van der Waals surface area contributed by atoms with E-state index in [1.54, 1.807) is 18.3 Å². The van der Waals surface area contributed by atoms with E-state index in [1.807, 2.05) is 0 Å². The molecule has 0 aliphatic carbocycles. The maximum atomic E-state index is 10.9. The SMILES string of the molecule is COc1nccc2[nH]c(C(N)=O)cc12. The largest absolute Gasteiger partial charge is 0.481 e. The first-order valence-corrected chi connectivity index (χ1v) is 4.04. The first-order chi connectivity index (χ1) is 6.72. The number of amides is 1. The highest BCUT2D eigenvalue weighted by Gasteiger charge is 2.09. The van der Waals surface area contributed by atoms with Gasteiger partial charge < -0.3 is 15.5 Å². The number of fused-ring (bicyclic) bond motifs is 1. The number of methoxy groups -OCH3 is 1. The van der Waals surface area contributed by atoms with Gasteiger partial charge in [0.1, 0.15) is 5.69 Å². The third-order valence-corrected chi connectivity index (χ3v) is 1.97. The number of aromatic amines is 1. The van der Waals surface area contributed by atoms with Crippen molar-refractivity contribution in [3.8, 4) is 5.88 Å². The Bertz CT molecular complexity index is 490. The zero-order valence-corrected chi connectivity index (χ0v) is 7.57.